The van der Waals surface area contributed by atoms with Gasteiger partial charge in [0.2, 0.25) is 5.91 Å². The van der Waals surface area contributed by atoms with Gasteiger partial charge in [0.1, 0.15) is 16.6 Å². The zero-order chi connectivity index (χ0) is 24.4. The molecule has 2 amide bonds. The number of nitrogens with one attached hydrogen (secondary N) is 2. The Kier molecular flexibility index (Phi) is 6.67. The number of carbonyl (C=O) groups excluding carboxylic acids is 2. The van der Waals surface area contributed by atoms with Crippen molar-refractivity contribution < 1.29 is 14.3 Å². The maximum absolute atomic E-state index is 13.3. The number of rotatable bonds is 6. The SMILES string of the molecule is COc1ccc(Cl)cc1NC(=O)C(C)n1cnc2sc(C(=O)Nc3ccccc3)c(C)c2c1=O. The molecule has 4 rings (SSSR count). The van der Waals surface area contributed by atoms with Gasteiger partial charge < -0.3 is 15.4 Å². The van der Waals surface area contributed by atoms with Gasteiger partial charge in [-0.05, 0) is 49.7 Å². The molecule has 0 radical (unpaired) electrons. The number of benzene rings is 2. The molecule has 4 aromatic rings. The predicted octanol–water partition coefficient (Wildman–Crippen LogP) is 4.88. The molecule has 2 heterocycles. The Balaban J connectivity index is 1.64. The normalized spacial score (nSPS) is 11.8. The quantitative estimate of drug-likeness (QED) is 0.396. The second-order valence-corrected chi connectivity index (χ2v) is 8.96. The number of fused-ring (bicyclic) bond motifs is 1. The minimum absolute atomic E-state index is 0.311. The first-order chi connectivity index (χ1) is 16.3. The number of halogens is 1. The van der Waals surface area contributed by atoms with E-state index < -0.39 is 17.5 Å². The number of anilines is 2. The molecule has 1 unspecified atom stereocenters. The number of aryl methyl sites for hydroxylation is 1. The smallest absolute Gasteiger partial charge is 0.266 e. The van der Waals surface area contributed by atoms with Crippen molar-refractivity contribution >= 4 is 56.3 Å². The Hall–Kier alpha value is -3.69. The van der Waals surface area contributed by atoms with Crippen molar-refractivity contribution in [1.29, 1.82) is 0 Å². The van der Waals surface area contributed by atoms with E-state index in [9.17, 15) is 14.4 Å². The number of ether oxygens (including phenoxy) is 1. The zero-order valence-corrected chi connectivity index (χ0v) is 20.2. The molecular weight excluding hydrogens is 476 g/mol. The highest BCUT2D eigenvalue weighted by atomic mass is 35.5. The van der Waals surface area contributed by atoms with Crippen molar-refractivity contribution in [3.8, 4) is 5.75 Å². The van der Waals surface area contributed by atoms with Crippen LogP contribution in [0.25, 0.3) is 10.2 Å². The number of hydrogen-bond acceptors (Lipinski definition) is 6. The number of hydrogen-bond donors (Lipinski definition) is 2. The fraction of sp³-hybridized carbons (Fsp3) is 0.167. The highest BCUT2D eigenvalue weighted by Gasteiger charge is 2.23. The van der Waals surface area contributed by atoms with Gasteiger partial charge in [0.15, 0.2) is 0 Å². The summed E-state index contributed by atoms with van der Waals surface area (Å²) in [6.45, 7) is 3.29. The van der Waals surface area contributed by atoms with Gasteiger partial charge in [-0.1, -0.05) is 29.8 Å². The molecule has 2 aromatic heterocycles. The summed E-state index contributed by atoms with van der Waals surface area (Å²) in [5.74, 6) is -0.330. The van der Waals surface area contributed by atoms with Crippen LogP contribution in [0.15, 0.2) is 59.7 Å². The fourth-order valence-corrected chi connectivity index (χ4v) is 4.69. The first kappa shape index (κ1) is 23.5. The summed E-state index contributed by atoms with van der Waals surface area (Å²) < 4.78 is 6.50. The monoisotopic (exact) mass is 496 g/mol. The number of para-hydroxylation sites is 1. The average Bonchev–Trinajstić information content (AvgIpc) is 3.17. The van der Waals surface area contributed by atoms with Crippen molar-refractivity contribution in [2.75, 3.05) is 17.7 Å². The molecule has 0 saturated carbocycles. The van der Waals surface area contributed by atoms with E-state index in [0.717, 1.165) is 11.3 Å². The van der Waals surface area contributed by atoms with Gasteiger partial charge in [-0.2, -0.15) is 0 Å². The van der Waals surface area contributed by atoms with E-state index in [1.165, 1.54) is 18.0 Å². The number of aromatic nitrogens is 2. The van der Waals surface area contributed by atoms with Gasteiger partial charge in [0.25, 0.3) is 11.5 Å². The minimum Gasteiger partial charge on any atom is -0.495 e. The van der Waals surface area contributed by atoms with Crippen molar-refractivity contribution in [3.63, 3.8) is 0 Å². The van der Waals surface area contributed by atoms with E-state index in [1.54, 1.807) is 44.2 Å². The summed E-state index contributed by atoms with van der Waals surface area (Å²) >= 11 is 7.17. The minimum atomic E-state index is -0.881. The molecule has 0 fully saturated rings. The summed E-state index contributed by atoms with van der Waals surface area (Å²) in [6.07, 6.45) is 1.32. The molecule has 0 spiro atoms. The second kappa shape index (κ2) is 9.66. The molecule has 10 heteroatoms. The molecule has 2 N–H and O–H groups in total. The lowest BCUT2D eigenvalue weighted by molar-refractivity contribution is -0.118. The fourth-order valence-electron chi connectivity index (χ4n) is 3.48. The van der Waals surface area contributed by atoms with Gasteiger partial charge in [-0.15, -0.1) is 11.3 Å². The first-order valence-electron chi connectivity index (χ1n) is 10.3. The molecule has 34 heavy (non-hydrogen) atoms. The molecule has 0 aliphatic heterocycles. The molecule has 1 atom stereocenters. The molecule has 2 aromatic carbocycles. The van der Waals surface area contributed by atoms with Crippen LogP contribution in [0.4, 0.5) is 11.4 Å². The number of thiophene rings is 1. The third-order valence-electron chi connectivity index (χ3n) is 5.33. The predicted molar refractivity (Wildman–Crippen MR) is 134 cm³/mol. The Labute approximate surface area is 204 Å². The number of carbonyl (C=O) groups is 2. The highest BCUT2D eigenvalue weighted by Crippen LogP contribution is 2.30. The van der Waals surface area contributed by atoms with Crippen LogP contribution in [-0.4, -0.2) is 28.5 Å². The standard InChI is InChI=1S/C24H21ClN4O4S/c1-13-19-23(34-20(13)22(31)27-16-7-5-4-6-8-16)26-12-29(24(19)32)14(2)21(30)28-17-11-15(25)9-10-18(17)33-3/h4-12,14H,1-3H3,(H,27,31)(H,28,30). The Morgan fingerprint density at radius 1 is 1.15 bits per heavy atom. The van der Waals surface area contributed by atoms with E-state index in [2.05, 4.69) is 15.6 Å². The van der Waals surface area contributed by atoms with Crippen LogP contribution in [0.1, 0.15) is 28.2 Å². The maximum Gasteiger partial charge on any atom is 0.266 e. The summed E-state index contributed by atoms with van der Waals surface area (Å²) in [5, 5.41) is 6.31. The average molecular weight is 497 g/mol. The number of methoxy groups -OCH3 is 1. The van der Waals surface area contributed by atoms with Crippen LogP contribution in [-0.2, 0) is 4.79 Å². The lowest BCUT2D eigenvalue weighted by atomic mass is 10.2. The lowest BCUT2D eigenvalue weighted by Crippen LogP contribution is -2.32. The van der Waals surface area contributed by atoms with Gasteiger partial charge in [-0.3, -0.25) is 19.0 Å². The van der Waals surface area contributed by atoms with Crippen molar-refractivity contribution in [2.24, 2.45) is 0 Å². The second-order valence-electron chi connectivity index (χ2n) is 7.52. The molecule has 8 nitrogen and oxygen atoms in total. The molecule has 0 saturated heterocycles. The van der Waals surface area contributed by atoms with Crippen LogP contribution in [0.5, 0.6) is 5.75 Å². The highest BCUT2D eigenvalue weighted by molar-refractivity contribution is 7.20. The number of nitrogens with zero attached hydrogens (tertiary/aromatic N) is 2. The molecule has 174 valence electrons. The molecule has 0 aliphatic carbocycles. The van der Waals surface area contributed by atoms with E-state index in [1.807, 2.05) is 18.2 Å². The Morgan fingerprint density at radius 3 is 2.59 bits per heavy atom. The van der Waals surface area contributed by atoms with E-state index in [-0.39, 0.29) is 5.91 Å². The van der Waals surface area contributed by atoms with Crippen molar-refractivity contribution in [1.82, 2.24) is 9.55 Å². The first-order valence-corrected chi connectivity index (χ1v) is 11.5. The topological polar surface area (TPSA) is 102 Å². The van der Waals surface area contributed by atoms with E-state index in [4.69, 9.17) is 16.3 Å². The van der Waals surface area contributed by atoms with Crippen LogP contribution in [0.2, 0.25) is 5.02 Å². The zero-order valence-electron chi connectivity index (χ0n) is 18.6. The molecular formula is C24H21ClN4O4S. The Bertz CT molecular complexity index is 1450. The van der Waals surface area contributed by atoms with Crippen molar-refractivity contribution in [2.45, 2.75) is 19.9 Å². The third kappa shape index (κ3) is 4.52. The lowest BCUT2D eigenvalue weighted by Gasteiger charge is -2.16. The largest absolute Gasteiger partial charge is 0.495 e. The van der Waals surface area contributed by atoms with Gasteiger partial charge in [0, 0.05) is 10.7 Å². The Morgan fingerprint density at radius 2 is 1.88 bits per heavy atom. The summed E-state index contributed by atoms with van der Waals surface area (Å²) in [5.41, 5.74) is 1.15. The van der Waals surface area contributed by atoms with Gasteiger partial charge in [0.05, 0.1) is 29.4 Å². The number of amides is 2. The molecule has 0 bridgehead atoms. The van der Waals surface area contributed by atoms with Crippen LogP contribution < -0.4 is 20.9 Å². The maximum atomic E-state index is 13.3. The summed E-state index contributed by atoms with van der Waals surface area (Å²) in [4.78, 5) is 44.2. The van der Waals surface area contributed by atoms with E-state index in [0.29, 0.717) is 42.8 Å². The van der Waals surface area contributed by atoms with Gasteiger partial charge in [-0.25, -0.2) is 4.98 Å². The van der Waals surface area contributed by atoms with Crippen LogP contribution >= 0.6 is 22.9 Å². The summed E-state index contributed by atoms with van der Waals surface area (Å²) in [7, 11) is 1.48. The van der Waals surface area contributed by atoms with Crippen LogP contribution in [0, 0.1) is 6.92 Å². The van der Waals surface area contributed by atoms with Crippen molar-refractivity contribution in [3.05, 3.63) is 80.7 Å². The van der Waals surface area contributed by atoms with E-state index >= 15 is 0 Å². The van der Waals surface area contributed by atoms with Crippen LogP contribution in [0.3, 0.4) is 0 Å². The summed E-state index contributed by atoms with van der Waals surface area (Å²) in [6, 6.07) is 13.0. The molecule has 0 aliphatic rings. The van der Waals surface area contributed by atoms with Gasteiger partial charge >= 0.3 is 0 Å². The third-order valence-corrected chi connectivity index (χ3v) is 6.76.